The van der Waals surface area contributed by atoms with Gasteiger partial charge in [-0.3, -0.25) is 4.79 Å². The van der Waals surface area contributed by atoms with Crippen molar-refractivity contribution in [3.8, 4) is 0 Å². The molecule has 1 aliphatic heterocycles. The fraction of sp³-hybridized carbons (Fsp3) is 0.455. The minimum absolute atomic E-state index is 0.0925. The van der Waals surface area contributed by atoms with E-state index in [9.17, 15) is 18.0 Å². The molecule has 1 N–H and O–H groups in total. The van der Waals surface area contributed by atoms with Crippen LogP contribution in [0.3, 0.4) is 0 Å². The van der Waals surface area contributed by atoms with Crippen molar-refractivity contribution in [3.05, 3.63) is 59.8 Å². The molecule has 162 valence electrons. The van der Waals surface area contributed by atoms with Gasteiger partial charge in [0.25, 0.3) is 0 Å². The van der Waals surface area contributed by atoms with E-state index < -0.39 is 11.7 Å². The summed E-state index contributed by atoms with van der Waals surface area (Å²) in [5.41, 5.74) is 0.443. The third kappa shape index (κ3) is 5.95. The predicted octanol–water partition coefficient (Wildman–Crippen LogP) is 3.57. The molecular weight excluding hydrogens is 393 g/mol. The number of alkyl halides is 3. The van der Waals surface area contributed by atoms with Crippen molar-refractivity contribution in [2.45, 2.75) is 25.6 Å². The van der Waals surface area contributed by atoms with Crippen molar-refractivity contribution in [2.24, 2.45) is 5.92 Å². The maximum Gasteiger partial charge on any atom is 0.419 e. The van der Waals surface area contributed by atoms with Gasteiger partial charge in [0.2, 0.25) is 5.91 Å². The molecule has 3 rings (SSSR count). The fourth-order valence-electron chi connectivity index (χ4n) is 3.74. The van der Waals surface area contributed by atoms with Gasteiger partial charge in [0.1, 0.15) is 5.82 Å². The Labute approximate surface area is 174 Å². The summed E-state index contributed by atoms with van der Waals surface area (Å²) in [6.45, 7) is 2.68. The number of halogens is 3. The monoisotopic (exact) mass is 420 g/mol. The highest BCUT2D eigenvalue weighted by Crippen LogP contribution is 2.36. The molecule has 0 aliphatic carbocycles. The number of pyridine rings is 1. The van der Waals surface area contributed by atoms with E-state index in [1.54, 1.807) is 4.90 Å². The smallest absolute Gasteiger partial charge is 0.355 e. The molecule has 2 aromatic rings. The summed E-state index contributed by atoms with van der Waals surface area (Å²) in [6.07, 6.45) is -1.80. The summed E-state index contributed by atoms with van der Waals surface area (Å²) in [7, 11) is 1.99. The summed E-state index contributed by atoms with van der Waals surface area (Å²) < 4.78 is 39.9. The fourth-order valence-corrected chi connectivity index (χ4v) is 3.74. The summed E-state index contributed by atoms with van der Waals surface area (Å²) >= 11 is 0. The SMILES string of the molecule is CN(CCNC(=O)C1CCCN(c2ncccc2C(F)(F)F)C1)Cc1ccccc1. The van der Waals surface area contributed by atoms with Crippen LogP contribution in [0.4, 0.5) is 19.0 Å². The molecule has 0 bridgehead atoms. The predicted molar refractivity (Wildman–Crippen MR) is 110 cm³/mol. The van der Waals surface area contributed by atoms with Crippen LogP contribution in [0.1, 0.15) is 24.0 Å². The normalized spacial score (nSPS) is 17.2. The van der Waals surface area contributed by atoms with Crippen LogP contribution in [0.5, 0.6) is 0 Å². The third-order valence-corrected chi connectivity index (χ3v) is 5.27. The number of hydrogen-bond acceptors (Lipinski definition) is 4. The molecule has 1 fully saturated rings. The van der Waals surface area contributed by atoms with E-state index in [1.807, 2.05) is 25.2 Å². The van der Waals surface area contributed by atoms with Crippen molar-refractivity contribution < 1.29 is 18.0 Å². The molecule has 1 amide bonds. The molecule has 2 heterocycles. The van der Waals surface area contributed by atoms with Gasteiger partial charge >= 0.3 is 6.18 Å². The van der Waals surface area contributed by atoms with Crippen LogP contribution < -0.4 is 10.2 Å². The van der Waals surface area contributed by atoms with E-state index >= 15 is 0 Å². The second kappa shape index (κ2) is 9.93. The van der Waals surface area contributed by atoms with Crippen LogP contribution in [0.15, 0.2) is 48.7 Å². The number of carbonyl (C=O) groups is 1. The van der Waals surface area contributed by atoms with Crippen LogP contribution in [0.25, 0.3) is 0 Å². The summed E-state index contributed by atoms with van der Waals surface area (Å²) in [5.74, 6) is -0.552. The first-order valence-corrected chi connectivity index (χ1v) is 10.1. The lowest BCUT2D eigenvalue weighted by atomic mass is 9.96. The maximum atomic E-state index is 13.3. The van der Waals surface area contributed by atoms with E-state index in [0.29, 0.717) is 32.5 Å². The molecule has 0 radical (unpaired) electrons. The van der Waals surface area contributed by atoms with Crippen LogP contribution in [-0.4, -0.2) is 49.0 Å². The average molecular weight is 420 g/mol. The Balaban J connectivity index is 1.51. The van der Waals surface area contributed by atoms with Crippen molar-refractivity contribution >= 4 is 11.7 Å². The molecule has 0 saturated carbocycles. The second-order valence-corrected chi connectivity index (χ2v) is 7.67. The maximum absolute atomic E-state index is 13.3. The summed E-state index contributed by atoms with van der Waals surface area (Å²) in [4.78, 5) is 20.3. The molecular formula is C22H27F3N4O. The van der Waals surface area contributed by atoms with Crippen LogP contribution in [0, 0.1) is 5.92 Å². The van der Waals surface area contributed by atoms with Crippen LogP contribution in [0.2, 0.25) is 0 Å². The number of nitrogens with zero attached hydrogens (tertiary/aromatic N) is 3. The van der Waals surface area contributed by atoms with Crippen molar-refractivity contribution in [3.63, 3.8) is 0 Å². The first kappa shape index (κ1) is 22.1. The average Bonchev–Trinajstić information content (AvgIpc) is 2.74. The number of rotatable bonds is 7. The van der Waals surface area contributed by atoms with Gasteiger partial charge in [-0.1, -0.05) is 30.3 Å². The lowest BCUT2D eigenvalue weighted by Crippen LogP contribution is -2.45. The van der Waals surface area contributed by atoms with Crippen molar-refractivity contribution in [2.75, 3.05) is 38.1 Å². The molecule has 1 unspecified atom stereocenters. The van der Waals surface area contributed by atoms with Crippen molar-refractivity contribution in [1.29, 1.82) is 0 Å². The zero-order valence-corrected chi connectivity index (χ0v) is 17.0. The van der Waals surface area contributed by atoms with Gasteiger partial charge in [-0.2, -0.15) is 13.2 Å². The third-order valence-electron chi connectivity index (χ3n) is 5.27. The lowest BCUT2D eigenvalue weighted by Gasteiger charge is -2.34. The Hall–Kier alpha value is -2.61. The number of nitrogens with one attached hydrogen (secondary N) is 1. The first-order chi connectivity index (χ1) is 14.3. The zero-order valence-electron chi connectivity index (χ0n) is 17.0. The number of benzene rings is 1. The van der Waals surface area contributed by atoms with Gasteiger partial charge in [-0.25, -0.2) is 4.98 Å². The molecule has 30 heavy (non-hydrogen) atoms. The highest BCUT2D eigenvalue weighted by atomic mass is 19.4. The van der Waals surface area contributed by atoms with Gasteiger partial charge in [-0.05, 0) is 37.6 Å². The second-order valence-electron chi connectivity index (χ2n) is 7.67. The Bertz CT molecular complexity index is 829. The molecule has 8 heteroatoms. The first-order valence-electron chi connectivity index (χ1n) is 10.1. The Kier molecular flexibility index (Phi) is 7.31. The number of hydrogen-bond donors (Lipinski definition) is 1. The Morgan fingerprint density at radius 2 is 2.00 bits per heavy atom. The highest BCUT2D eigenvalue weighted by Gasteiger charge is 2.37. The minimum atomic E-state index is -4.47. The van der Waals surface area contributed by atoms with Crippen LogP contribution >= 0.6 is 0 Å². The largest absolute Gasteiger partial charge is 0.419 e. The number of likely N-dealkylation sites (N-methyl/N-ethyl adjacent to an activating group) is 1. The Morgan fingerprint density at radius 1 is 1.23 bits per heavy atom. The quantitative estimate of drug-likeness (QED) is 0.744. The number of amides is 1. The van der Waals surface area contributed by atoms with E-state index in [4.69, 9.17) is 0 Å². The number of aromatic nitrogens is 1. The standard InChI is InChI=1S/C22H27F3N4O/c1-28(15-17-7-3-2-4-8-17)14-12-27-21(30)18-9-6-13-29(16-18)20-19(22(23,24)25)10-5-11-26-20/h2-5,7-8,10-11,18H,6,9,12-16H2,1H3,(H,27,30). The Morgan fingerprint density at radius 3 is 2.73 bits per heavy atom. The summed E-state index contributed by atoms with van der Waals surface area (Å²) in [5, 5.41) is 2.94. The molecule has 0 spiro atoms. The van der Waals surface area contributed by atoms with Gasteiger partial charge in [0.05, 0.1) is 11.5 Å². The number of carbonyl (C=O) groups excluding carboxylic acids is 1. The van der Waals surface area contributed by atoms with Gasteiger partial charge in [0.15, 0.2) is 0 Å². The van der Waals surface area contributed by atoms with Gasteiger partial charge < -0.3 is 15.1 Å². The van der Waals surface area contributed by atoms with E-state index in [0.717, 1.165) is 12.6 Å². The van der Waals surface area contributed by atoms with Gasteiger partial charge in [-0.15, -0.1) is 0 Å². The van der Waals surface area contributed by atoms with Crippen LogP contribution in [-0.2, 0) is 17.5 Å². The molecule has 5 nitrogen and oxygen atoms in total. The number of piperidine rings is 1. The van der Waals surface area contributed by atoms with E-state index in [1.165, 1.54) is 17.8 Å². The highest BCUT2D eigenvalue weighted by molar-refractivity contribution is 5.79. The molecule has 1 saturated heterocycles. The lowest BCUT2D eigenvalue weighted by molar-refractivity contribution is -0.137. The zero-order chi connectivity index (χ0) is 21.6. The number of anilines is 1. The van der Waals surface area contributed by atoms with E-state index in [-0.39, 0.29) is 24.2 Å². The topological polar surface area (TPSA) is 48.5 Å². The van der Waals surface area contributed by atoms with E-state index in [2.05, 4.69) is 27.3 Å². The minimum Gasteiger partial charge on any atom is -0.355 e. The summed E-state index contributed by atoms with van der Waals surface area (Å²) in [6, 6.07) is 12.4. The molecule has 1 atom stereocenters. The van der Waals surface area contributed by atoms with Crippen molar-refractivity contribution in [1.82, 2.24) is 15.2 Å². The molecule has 1 aromatic heterocycles. The molecule has 1 aliphatic rings. The molecule has 1 aromatic carbocycles. The van der Waals surface area contributed by atoms with Gasteiger partial charge in [0, 0.05) is 38.9 Å².